The molecule has 0 aliphatic carbocycles. The standard InChI is InChI=1S/C20H18F3NO4/c1-3-28-16-10-6-14(7-11-16)24-12-17(19(26)20(21,22)23)18(25)13-4-8-15(27-2)9-5-13/h4-12,25H,3H2,1-2H3/b18-17-,24-12?. The Bertz CT molecular complexity index is 870. The van der Waals surface area contributed by atoms with Crippen molar-refractivity contribution in [3.05, 3.63) is 59.7 Å². The van der Waals surface area contributed by atoms with E-state index in [1.807, 2.05) is 6.92 Å². The molecule has 0 fully saturated rings. The number of halogens is 3. The summed E-state index contributed by atoms with van der Waals surface area (Å²) in [6.07, 6.45) is -4.47. The average Bonchev–Trinajstić information content (AvgIpc) is 2.68. The Labute approximate surface area is 159 Å². The molecule has 0 amide bonds. The number of aliphatic hydroxyl groups excluding tert-OH is 1. The lowest BCUT2D eigenvalue weighted by Crippen LogP contribution is -2.26. The number of allylic oxidation sites excluding steroid dienone is 1. The molecule has 0 atom stereocenters. The molecule has 0 aliphatic rings. The molecule has 0 radical (unpaired) electrons. The Morgan fingerprint density at radius 3 is 2.14 bits per heavy atom. The van der Waals surface area contributed by atoms with E-state index in [1.54, 1.807) is 12.1 Å². The van der Waals surface area contributed by atoms with Gasteiger partial charge in [0.05, 0.1) is 25.0 Å². The van der Waals surface area contributed by atoms with Gasteiger partial charge in [-0.15, -0.1) is 0 Å². The van der Waals surface area contributed by atoms with Gasteiger partial charge in [-0.3, -0.25) is 9.79 Å². The van der Waals surface area contributed by atoms with Crippen LogP contribution in [0.4, 0.5) is 18.9 Å². The number of methoxy groups -OCH3 is 1. The van der Waals surface area contributed by atoms with Gasteiger partial charge in [-0.1, -0.05) is 0 Å². The van der Waals surface area contributed by atoms with Crippen LogP contribution in [0.1, 0.15) is 12.5 Å². The summed E-state index contributed by atoms with van der Waals surface area (Å²) in [4.78, 5) is 15.7. The third kappa shape index (κ3) is 5.35. The van der Waals surface area contributed by atoms with Crippen LogP contribution in [0.3, 0.4) is 0 Å². The summed E-state index contributed by atoms with van der Waals surface area (Å²) in [6, 6.07) is 11.8. The molecule has 0 saturated heterocycles. The van der Waals surface area contributed by atoms with Crippen LogP contribution in [0.2, 0.25) is 0 Å². The highest BCUT2D eigenvalue weighted by Crippen LogP contribution is 2.27. The third-order valence-corrected chi connectivity index (χ3v) is 3.61. The predicted octanol–water partition coefficient (Wildman–Crippen LogP) is 4.90. The highest BCUT2D eigenvalue weighted by atomic mass is 19.4. The lowest BCUT2D eigenvalue weighted by Gasteiger charge is -2.10. The van der Waals surface area contributed by atoms with Gasteiger partial charge in [-0.05, 0) is 55.5 Å². The fourth-order valence-corrected chi connectivity index (χ4v) is 2.22. The maximum absolute atomic E-state index is 13.0. The Kier molecular flexibility index (Phi) is 6.81. The lowest BCUT2D eigenvalue weighted by molar-refractivity contribution is -0.165. The Morgan fingerprint density at radius 2 is 1.64 bits per heavy atom. The van der Waals surface area contributed by atoms with E-state index in [2.05, 4.69) is 4.99 Å². The minimum absolute atomic E-state index is 0.0199. The molecular weight excluding hydrogens is 375 g/mol. The number of rotatable bonds is 7. The molecule has 2 rings (SSSR count). The summed E-state index contributed by atoms with van der Waals surface area (Å²) in [7, 11) is 1.42. The monoisotopic (exact) mass is 393 g/mol. The molecule has 0 unspecified atom stereocenters. The maximum Gasteiger partial charge on any atom is 0.455 e. The van der Waals surface area contributed by atoms with E-state index in [-0.39, 0.29) is 5.56 Å². The number of hydrogen-bond donors (Lipinski definition) is 1. The van der Waals surface area contributed by atoms with Crippen molar-refractivity contribution in [1.82, 2.24) is 0 Å². The quantitative estimate of drug-likeness (QED) is 0.413. The SMILES string of the molecule is CCOc1ccc(N=C/C(C(=O)C(F)(F)F)=C(/O)c2ccc(OC)cc2)cc1. The number of ether oxygens (including phenoxy) is 2. The second kappa shape index (κ2) is 9.07. The third-order valence-electron chi connectivity index (χ3n) is 3.61. The van der Waals surface area contributed by atoms with Crippen molar-refractivity contribution < 1.29 is 32.5 Å². The van der Waals surface area contributed by atoms with E-state index in [4.69, 9.17) is 9.47 Å². The zero-order chi connectivity index (χ0) is 20.7. The number of benzene rings is 2. The number of alkyl halides is 3. The number of carbonyl (C=O) groups is 1. The average molecular weight is 393 g/mol. The number of aliphatic imine (C=N–C) groups is 1. The molecular formula is C20H18F3NO4. The van der Waals surface area contributed by atoms with Crippen LogP contribution in [0.5, 0.6) is 11.5 Å². The van der Waals surface area contributed by atoms with E-state index in [9.17, 15) is 23.1 Å². The van der Waals surface area contributed by atoms with Gasteiger partial charge in [0.15, 0.2) is 0 Å². The van der Waals surface area contributed by atoms with Gasteiger partial charge in [-0.25, -0.2) is 0 Å². The Morgan fingerprint density at radius 1 is 1.07 bits per heavy atom. The number of ketones is 1. The fraction of sp³-hybridized carbons (Fsp3) is 0.200. The summed E-state index contributed by atoms with van der Waals surface area (Å²) in [6.45, 7) is 2.28. The van der Waals surface area contributed by atoms with Crippen molar-refractivity contribution >= 4 is 23.4 Å². The summed E-state index contributed by atoms with van der Waals surface area (Å²) in [5.41, 5.74) is -0.656. The first-order valence-corrected chi connectivity index (χ1v) is 8.22. The van der Waals surface area contributed by atoms with Gasteiger partial charge in [-0.2, -0.15) is 13.2 Å². The summed E-state index contributed by atoms with van der Waals surface area (Å²) in [5, 5.41) is 10.3. The van der Waals surface area contributed by atoms with E-state index >= 15 is 0 Å². The predicted molar refractivity (Wildman–Crippen MR) is 99.4 cm³/mol. The van der Waals surface area contributed by atoms with Crippen molar-refractivity contribution in [2.45, 2.75) is 13.1 Å². The van der Waals surface area contributed by atoms with Crippen LogP contribution in [-0.2, 0) is 4.79 Å². The van der Waals surface area contributed by atoms with Gasteiger partial charge >= 0.3 is 6.18 Å². The number of aliphatic hydroxyl groups is 1. The van der Waals surface area contributed by atoms with Gasteiger partial charge < -0.3 is 14.6 Å². The molecule has 8 heteroatoms. The highest BCUT2D eigenvalue weighted by molar-refractivity contribution is 6.20. The van der Waals surface area contributed by atoms with Crippen molar-refractivity contribution in [2.24, 2.45) is 4.99 Å². The first kappa shape index (κ1) is 21.0. The molecule has 0 heterocycles. The molecule has 0 saturated carbocycles. The van der Waals surface area contributed by atoms with Crippen LogP contribution >= 0.6 is 0 Å². The fourth-order valence-electron chi connectivity index (χ4n) is 2.22. The smallest absolute Gasteiger partial charge is 0.455 e. The number of Topliss-reactive ketones (excluding diaryl/α,β-unsaturated/α-hetero) is 1. The molecule has 2 aromatic rings. The van der Waals surface area contributed by atoms with Crippen molar-refractivity contribution in [3.63, 3.8) is 0 Å². The molecule has 28 heavy (non-hydrogen) atoms. The molecule has 0 bridgehead atoms. The Hall–Kier alpha value is -3.29. The molecule has 148 valence electrons. The lowest BCUT2D eigenvalue weighted by atomic mass is 10.0. The molecule has 1 N–H and O–H groups in total. The molecule has 5 nitrogen and oxygen atoms in total. The Balaban J connectivity index is 2.42. The minimum atomic E-state index is -5.17. The zero-order valence-corrected chi connectivity index (χ0v) is 15.2. The van der Waals surface area contributed by atoms with Gasteiger partial charge in [0.25, 0.3) is 5.78 Å². The van der Waals surface area contributed by atoms with Crippen LogP contribution in [0, 0.1) is 0 Å². The molecule has 0 spiro atoms. The van der Waals surface area contributed by atoms with E-state index in [0.29, 0.717) is 30.0 Å². The summed E-state index contributed by atoms with van der Waals surface area (Å²) >= 11 is 0. The summed E-state index contributed by atoms with van der Waals surface area (Å²) in [5.74, 6) is -2.01. The second-order valence-electron chi connectivity index (χ2n) is 5.50. The number of carbonyl (C=O) groups excluding carboxylic acids is 1. The van der Waals surface area contributed by atoms with Crippen LogP contribution < -0.4 is 9.47 Å². The van der Waals surface area contributed by atoms with Crippen LogP contribution in [0.25, 0.3) is 5.76 Å². The van der Waals surface area contributed by atoms with Crippen LogP contribution in [0.15, 0.2) is 59.1 Å². The van der Waals surface area contributed by atoms with E-state index in [1.165, 1.54) is 43.5 Å². The van der Waals surface area contributed by atoms with E-state index < -0.39 is 23.3 Å². The zero-order valence-electron chi connectivity index (χ0n) is 15.2. The largest absolute Gasteiger partial charge is 0.506 e. The number of nitrogens with zero attached hydrogens (tertiary/aromatic N) is 1. The maximum atomic E-state index is 13.0. The van der Waals surface area contributed by atoms with Crippen molar-refractivity contribution in [3.8, 4) is 11.5 Å². The normalized spacial score (nSPS) is 12.6. The first-order valence-electron chi connectivity index (χ1n) is 8.22. The molecule has 2 aromatic carbocycles. The van der Waals surface area contributed by atoms with Crippen LogP contribution in [-0.4, -0.2) is 37.0 Å². The summed E-state index contributed by atoms with van der Waals surface area (Å²) < 4.78 is 49.1. The molecule has 0 aliphatic heterocycles. The van der Waals surface area contributed by atoms with Gasteiger partial charge in [0.1, 0.15) is 17.3 Å². The second-order valence-corrected chi connectivity index (χ2v) is 5.50. The van der Waals surface area contributed by atoms with Crippen molar-refractivity contribution in [2.75, 3.05) is 13.7 Å². The number of hydrogen-bond acceptors (Lipinski definition) is 5. The minimum Gasteiger partial charge on any atom is -0.506 e. The van der Waals surface area contributed by atoms with Gasteiger partial charge in [0.2, 0.25) is 0 Å². The van der Waals surface area contributed by atoms with E-state index in [0.717, 1.165) is 0 Å². The highest BCUT2D eigenvalue weighted by Gasteiger charge is 2.41. The first-order chi connectivity index (χ1) is 13.3. The topological polar surface area (TPSA) is 68.1 Å². The van der Waals surface area contributed by atoms with Crippen molar-refractivity contribution in [1.29, 1.82) is 0 Å². The molecule has 0 aromatic heterocycles. The van der Waals surface area contributed by atoms with Gasteiger partial charge in [0, 0.05) is 11.8 Å².